The lowest BCUT2D eigenvalue weighted by molar-refractivity contribution is -0.212. The van der Waals surface area contributed by atoms with Crippen molar-refractivity contribution >= 4 is 21.9 Å². The highest BCUT2D eigenvalue weighted by atomic mass is 79.9. The Balaban J connectivity index is 1.77. The van der Waals surface area contributed by atoms with Gasteiger partial charge in [-0.15, -0.1) is 0 Å². The van der Waals surface area contributed by atoms with Crippen molar-refractivity contribution in [3.05, 3.63) is 28.2 Å². The molecule has 4 rings (SSSR count). The van der Waals surface area contributed by atoms with Crippen LogP contribution in [0.4, 0.5) is 0 Å². The molecule has 2 heterocycles. The molecule has 1 saturated heterocycles. The second-order valence-electron chi connectivity index (χ2n) is 6.43. The van der Waals surface area contributed by atoms with E-state index in [-0.39, 0.29) is 12.0 Å². The average Bonchev–Trinajstić information content (AvgIpc) is 2.96. The molecule has 1 unspecified atom stereocenters. The van der Waals surface area contributed by atoms with Gasteiger partial charge in [0.05, 0.1) is 13.2 Å². The summed E-state index contributed by atoms with van der Waals surface area (Å²) in [5, 5.41) is 9.87. The number of carbonyl (C=O) groups is 1. The monoisotopic (exact) mass is 383 g/mol. The lowest BCUT2D eigenvalue weighted by atomic mass is 9.67. The van der Waals surface area contributed by atoms with Crippen LogP contribution in [0, 0.1) is 5.92 Å². The van der Waals surface area contributed by atoms with Crippen molar-refractivity contribution in [2.75, 3.05) is 13.2 Å². The van der Waals surface area contributed by atoms with Crippen molar-refractivity contribution in [1.29, 1.82) is 0 Å². The van der Waals surface area contributed by atoms with Crippen molar-refractivity contribution in [2.45, 2.75) is 36.7 Å². The van der Waals surface area contributed by atoms with Crippen LogP contribution in [0.3, 0.4) is 0 Å². The number of carboxylic acid groups (broad SMARTS) is 1. The number of ether oxygens (including phenoxy) is 3. The molecule has 0 bridgehead atoms. The first-order valence-corrected chi connectivity index (χ1v) is 8.51. The van der Waals surface area contributed by atoms with Gasteiger partial charge in [-0.25, -0.2) is 4.79 Å². The van der Waals surface area contributed by atoms with E-state index in [1.165, 1.54) is 0 Å². The standard InChI is InChI=1S/C16H18BrNO5/c17-9-1-2-12-11(7-9)16(18,14(19)20)10-3-4-15(8-13(10)23-12)21-5-6-22-15/h1-2,7,10,13H,3-6,8,18H2,(H,19,20)/t10-,13-,16?/m0/s1. The van der Waals surface area contributed by atoms with Gasteiger partial charge in [-0.3, -0.25) is 0 Å². The number of carboxylic acids is 1. The predicted octanol–water partition coefficient (Wildman–Crippen LogP) is 1.99. The maximum absolute atomic E-state index is 12.1. The molecule has 2 aliphatic heterocycles. The molecular formula is C16H18BrNO5. The fourth-order valence-electron chi connectivity index (χ4n) is 4.08. The van der Waals surface area contributed by atoms with E-state index in [1.54, 1.807) is 12.1 Å². The quantitative estimate of drug-likeness (QED) is 0.770. The molecule has 1 aromatic carbocycles. The van der Waals surface area contributed by atoms with Crippen LogP contribution >= 0.6 is 15.9 Å². The number of hydrogen-bond donors (Lipinski definition) is 2. The molecule has 1 aromatic rings. The second-order valence-corrected chi connectivity index (χ2v) is 7.34. The first-order valence-electron chi connectivity index (χ1n) is 7.71. The van der Waals surface area contributed by atoms with Gasteiger partial charge in [-0.2, -0.15) is 0 Å². The highest BCUT2D eigenvalue weighted by Gasteiger charge is 2.58. The Hall–Kier alpha value is -1.15. The van der Waals surface area contributed by atoms with Crippen LogP contribution in [0.25, 0.3) is 0 Å². The summed E-state index contributed by atoms with van der Waals surface area (Å²) in [6.45, 7) is 1.13. The Kier molecular flexibility index (Phi) is 3.46. The fraction of sp³-hybridized carbons (Fsp3) is 0.562. The van der Waals surface area contributed by atoms with E-state index < -0.39 is 17.3 Å². The van der Waals surface area contributed by atoms with Gasteiger partial charge >= 0.3 is 5.97 Å². The van der Waals surface area contributed by atoms with Crippen molar-refractivity contribution in [3.63, 3.8) is 0 Å². The van der Waals surface area contributed by atoms with Crippen LogP contribution < -0.4 is 10.5 Å². The normalized spacial score (nSPS) is 34.5. The minimum absolute atomic E-state index is 0.319. The summed E-state index contributed by atoms with van der Waals surface area (Å²) in [7, 11) is 0. The van der Waals surface area contributed by atoms with Crippen LogP contribution in [0.2, 0.25) is 0 Å². The molecule has 3 atom stereocenters. The third kappa shape index (κ3) is 2.21. The summed E-state index contributed by atoms with van der Waals surface area (Å²) in [5.74, 6) is -1.47. The highest BCUT2D eigenvalue weighted by Crippen LogP contribution is 2.51. The molecule has 6 nitrogen and oxygen atoms in total. The van der Waals surface area contributed by atoms with E-state index in [0.717, 1.165) is 4.47 Å². The van der Waals surface area contributed by atoms with Crippen LogP contribution in [-0.4, -0.2) is 36.2 Å². The van der Waals surface area contributed by atoms with Gasteiger partial charge in [0, 0.05) is 28.8 Å². The average molecular weight is 384 g/mol. The van der Waals surface area contributed by atoms with Gasteiger partial charge in [0.1, 0.15) is 17.4 Å². The third-order valence-corrected chi connectivity index (χ3v) is 5.71. The summed E-state index contributed by atoms with van der Waals surface area (Å²) >= 11 is 3.38. The molecule has 3 aliphatic rings. The molecular weight excluding hydrogens is 366 g/mol. The van der Waals surface area contributed by atoms with Crippen molar-refractivity contribution < 1.29 is 24.1 Å². The van der Waals surface area contributed by atoms with E-state index in [9.17, 15) is 9.90 Å². The molecule has 2 fully saturated rings. The maximum Gasteiger partial charge on any atom is 0.328 e. The summed E-state index contributed by atoms with van der Waals surface area (Å²) in [6, 6.07) is 5.33. The van der Waals surface area contributed by atoms with Gasteiger partial charge < -0.3 is 25.1 Å². The van der Waals surface area contributed by atoms with E-state index >= 15 is 0 Å². The largest absolute Gasteiger partial charge is 0.489 e. The lowest BCUT2D eigenvalue weighted by Gasteiger charge is -2.49. The van der Waals surface area contributed by atoms with Crippen LogP contribution in [0.5, 0.6) is 5.75 Å². The molecule has 0 aromatic heterocycles. The zero-order chi connectivity index (χ0) is 16.2. The van der Waals surface area contributed by atoms with Gasteiger partial charge in [0.2, 0.25) is 0 Å². The summed E-state index contributed by atoms with van der Waals surface area (Å²) < 4.78 is 18.4. The van der Waals surface area contributed by atoms with Crippen LogP contribution in [0.1, 0.15) is 24.8 Å². The Morgan fingerprint density at radius 2 is 2.09 bits per heavy atom. The number of rotatable bonds is 1. The highest BCUT2D eigenvalue weighted by molar-refractivity contribution is 9.10. The number of hydrogen-bond acceptors (Lipinski definition) is 5. The summed E-state index contributed by atoms with van der Waals surface area (Å²) in [5.41, 5.74) is 5.49. The Morgan fingerprint density at radius 3 is 2.78 bits per heavy atom. The van der Waals surface area contributed by atoms with Crippen molar-refractivity contribution in [1.82, 2.24) is 0 Å². The minimum Gasteiger partial charge on any atom is -0.489 e. The molecule has 1 aliphatic carbocycles. The number of fused-ring (bicyclic) bond motifs is 2. The smallest absolute Gasteiger partial charge is 0.328 e. The third-order valence-electron chi connectivity index (χ3n) is 5.22. The predicted molar refractivity (Wildman–Crippen MR) is 84.0 cm³/mol. The van der Waals surface area contributed by atoms with Gasteiger partial charge in [-0.05, 0) is 24.6 Å². The van der Waals surface area contributed by atoms with Gasteiger partial charge in [0.15, 0.2) is 5.79 Å². The molecule has 1 spiro atoms. The molecule has 7 heteroatoms. The Bertz CT molecular complexity index is 660. The van der Waals surface area contributed by atoms with Gasteiger partial charge in [0.25, 0.3) is 0 Å². The first-order chi connectivity index (χ1) is 10.9. The number of aliphatic carboxylic acids is 1. The lowest BCUT2D eigenvalue weighted by Crippen LogP contribution is -2.62. The molecule has 3 N–H and O–H groups in total. The SMILES string of the molecule is NC1(C(=O)O)c2cc(Br)ccc2O[C@H]2CC3(CC[C@@H]21)OCCO3. The van der Waals surface area contributed by atoms with Crippen LogP contribution in [0.15, 0.2) is 22.7 Å². The topological polar surface area (TPSA) is 91.0 Å². The molecule has 1 saturated carbocycles. The molecule has 23 heavy (non-hydrogen) atoms. The number of benzene rings is 1. The molecule has 0 radical (unpaired) electrons. The maximum atomic E-state index is 12.1. The zero-order valence-corrected chi connectivity index (χ0v) is 14.0. The van der Waals surface area contributed by atoms with Crippen molar-refractivity contribution in [2.24, 2.45) is 11.7 Å². The van der Waals surface area contributed by atoms with Gasteiger partial charge in [-0.1, -0.05) is 15.9 Å². The second kappa shape index (κ2) is 5.17. The first kappa shape index (κ1) is 15.4. The van der Waals surface area contributed by atoms with E-state index in [4.69, 9.17) is 19.9 Å². The number of halogens is 1. The molecule has 124 valence electrons. The van der Waals surface area contributed by atoms with Crippen LogP contribution in [-0.2, 0) is 19.8 Å². The van der Waals surface area contributed by atoms with Crippen molar-refractivity contribution in [3.8, 4) is 5.75 Å². The summed E-state index contributed by atoms with van der Waals surface area (Å²) in [4.78, 5) is 12.1. The number of nitrogens with two attached hydrogens (primary N) is 1. The van der Waals surface area contributed by atoms with E-state index in [2.05, 4.69) is 15.9 Å². The zero-order valence-electron chi connectivity index (χ0n) is 12.5. The Labute approximate surface area is 142 Å². The summed E-state index contributed by atoms with van der Waals surface area (Å²) in [6.07, 6.45) is 1.38. The molecule has 0 amide bonds. The Morgan fingerprint density at radius 1 is 1.35 bits per heavy atom. The fourth-order valence-corrected chi connectivity index (χ4v) is 4.44. The van der Waals surface area contributed by atoms with E-state index in [1.807, 2.05) is 6.07 Å². The van der Waals surface area contributed by atoms with E-state index in [0.29, 0.717) is 43.8 Å². The minimum atomic E-state index is -1.47.